The van der Waals surface area contributed by atoms with Gasteiger partial charge >= 0.3 is 0 Å². The van der Waals surface area contributed by atoms with Crippen LogP contribution in [0.5, 0.6) is 11.5 Å². The predicted octanol–water partition coefficient (Wildman–Crippen LogP) is 5.00. The van der Waals surface area contributed by atoms with E-state index in [1.807, 2.05) is 42.5 Å². The zero-order valence-corrected chi connectivity index (χ0v) is 19.7. The SMILES string of the molecule is COc1ccc(NC(=S)N2CCN(c3nc(-c4ccc(Cl)cc4)cs3)CC2)c(OC)c1. The molecule has 0 unspecified atom stereocenters. The number of halogens is 1. The van der Waals surface area contributed by atoms with E-state index >= 15 is 0 Å². The van der Waals surface area contributed by atoms with Gasteiger partial charge in [-0.25, -0.2) is 4.98 Å². The van der Waals surface area contributed by atoms with E-state index in [4.69, 9.17) is 38.3 Å². The number of anilines is 2. The molecule has 0 amide bonds. The molecule has 0 radical (unpaired) electrons. The van der Waals surface area contributed by atoms with Crippen LogP contribution in [0.4, 0.5) is 10.8 Å². The molecule has 2 aromatic carbocycles. The maximum atomic E-state index is 5.99. The Morgan fingerprint density at radius 1 is 1.06 bits per heavy atom. The third kappa shape index (κ3) is 5.03. The van der Waals surface area contributed by atoms with Crippen molar-refractivity contribution in [3.63, 3.8) is 0 Å². The second-order valence-electron chi connectivity index (χ2n) is 6.99. The minimum atomic E-state index is 0.684. The highest BCUT2D eigenvalue weighted by molar-refractivity contribution is 7.80. The van der Waals surface area contributed by atoms with Crippen LogP contribution in [0.25, 0.3) is 11.3 Å². The average Bonchev–Trinajstić information content (AvgIpc) is 3.30. The molecule has 4 rings (SSSR count). The molecule has 9 heteroatoms. The molecule has 162 valence electrons. The van der Waals surface area contributed by atoms with Crippen molar-refractivity contribution in [2.45, 2.75) is 0 Å². The monoisotopic (exact) mass is 474 g/mol. The number of rotatable bonds is 5. The van der Waals surface area contributed by atoms with E-state index in [-0.39, 0.29) is 0 Å². The van der Waals surface area contributed by atoms with Crippen molar-refractivity contribution in [3.8, 4) is 22.8 Å². The Morgan fingerprint density at radius 3 is 2.48 bits per heavy atom. The number of methoxy groups -OCH3 is 2. The molecule has 1 fully saturated rings. The molecular weight excluding hydrogens is 452 g/mol. The van der Waals surface area contributed by atoms with Crippen LogP contribution in [0.3, 0.4) is 0 Å². The van der Waals surface area contributed by atoms with E-state index in [9.17, 15) is 0 Å². The number of thiocarbonyl (C=S) groups is 1. The normalized spacial score (nSPS) is 13.8. The van der Waals surface area contributed by atoms with Gasteiger partial charge in [-0.3, -0.25) is 0 Å². The van der Waals surface area contributed by atoms with Gasteiger partial charge in [0.2, 0.25) is 0 Å². The fraction of sp³-hybridized carbons (Fsp3) is 0.273. The van der Waals surface area contributed by atoms with Crippen LogP contribution < -0.4 is 19.7 Å². The van der Waals surface area contributed by atoms with Crippen molar-refractivity contribution in [2.24, 2.45) is 0 Å². The Kier molecular flexibility index (Phi) is 6.80. The summed E-state index contributed by atoms with van der Waals surface area (Å²) in [7, 11) is 3.26. The number of nitrogens with zero attached hydrogens (tertiary/aromatic N) is 3. The van der Waals surface area contributed by atoms with Crippen molar-refractivity contribution in [2.75, 3.05) is 50.6 Å². The Labute approximate surface area is 196 Å². The van der Waals surface area contributed by atoms with Crippen LogP contribution in [-0.4, -0.2) is 55.4 Å². The Hall–Kier alpha value is -2.55. The molecule has 1 aromatic heterocycles. The highest BCUT2D eigenvalue weighted by atomic mass is 35.5. The van der Waals surface area contributed by atoms with Crippen molar-refractivity contribution < 1.29 is 9.47 Å². The topological polar surface area (TPSA) is 49.9 Å². The standard InChI is InChI=1S/C22H23ClN4O2S2/c1-28-17-7-8-18(20(13-17)29-2)24-21(30)26-9-11-27(12-10-26)22-25-19(14-31-22)15-3-5-16(23)6-4-15/h3-8,13-14H,9-12H2,1-2H3,(H,24,30). The van der Waals surface area contributed by atoms with Gasteiger partial charge in [0.15, 0.2) is 10.2 Å². The molecule has 1 saturated heterocycles. The van der Waals surface area contributed by atoms with Gasteiger partial charge in [0.05, 0.1) is 25.6 Å². The number of ether oxygens (including phenoxy) is 2. The van der Waals surface area contributed by atoms with Gasteiger partial charge in [0.1, 0.15) is 11.5 Å². The van der Waals surface area contributed by atoms with Gasteiger partial charge < -0.3 is 24.6 Å². The Morgan fingerprint density at radius 2 is 1.81 bits per heavy atom. The minimum Gasteiger partial charge on any atom is -0.497 e. The number of hydrogen-bond acceptors (Lipinski definition) is 6. The lowest BCUT2D eigenvalue weighted by atomic mass is 10.2. The highest BCUT2D eigenvalue weighted by Gasteiger charge is 2.22. The first-order valence-electron chi connectivity index (χ1n) is 9.82. The zero-order chi connectivity index (χ0) is 21.8. The fourth-order valence-corrected chi connectivity index (χ4v) is 4.67. The number of aromatic nitrogens is 1. The molecule has 1 aliphatic rings. The quantitative estimate of drug-likeness (QED) is 0.522. The van der Waals surface area contributed by atoms with E-state index < -0.39 is 0 Å². The van der Waals surface area contributed by atoms with Gasteiger partial charge in [-0.1, -0.05) is 23.7 Å². The molecule has 0 saturated carbocycles. The third-order valence-corrected chi connectivity index (χ3v) is 6.63. The van der Waals surface area contributed by atoms with Gasteiger partial charge in [0, 0.05) is 48.2 Å². The molecular formula is C22H23ClN4O2S2. The molecule has 31 heavy (non-hydrogen) atoms. The zero-order valence-electron chi connectivity index (χ0n) is 17.3. The van der Waals surface area contributed by atoms with E-state index in [1.54, 1.807) is 25.6 Å². The van der Waals surface area contributed by atoms with Gasteiger partial charge in [-0.15, -0.1) is 11.3 Å². The molecule has 1 N–H and O–H groups in total. The molecule has 1 aliphatic heterocycles. The van der Waals surface area contributed by atoms with Gasteiger partial charge in [-0.05, 0) is 36.5 Å². The number of nitrogens with one attached hydrogen (secondary N) is 1. The maximum Gasteiger partial charge on any atom is 0.185 e. The lowest BCUT2D eigenvalue weighted by Gasteiger charge is -2.36. The van der Waals surface area contributed by atoms with Crippen LogP contribution in [0.2, 0.25) is 5.02 Å². The Balaban J connectivity index is 1.36. The summed E-state index contributed by atoms with van der Waals surface area (Å²) in [4.78, 5) is 9.29. The first-order valence-corrected chi connectivity index (χ1v) is 11.5. The predicted molar refractivity (Wildman–Crippen MR) is 132 cm³/mol. The molecule has 3 aromatic rings. The summed E-state index contributed by atoms with van der Waals surface area (Å²) in [6.07, 6.45) is 0. The second-order valence-corrected chi connectivity index (χ2v) is 8.65. The summed E-state index contributed by atoms with van der Waals surface area (Å²) in [5, 5.41) is 7.83. The lowest BCUT2D eigenvalue weighted by Crippen LogP contribution is -2.50. The van der Waals surface area contributed by atoms with Gasteiger partial charge in [-0.2, -0.15) is 0 Å². The fourth-order valence-electron chi connectivity index (χ4n) is 3.36. The number of thiazole rings is 1. The summed E-state index contributed by atoms with van der Waals surface area (Å²) in [5.74, 6) is 1.43. The maximum absolute atomic E-state index is 5.99. The number of hydrogen-bond donors (Lipinski definition) is 1. The van der Waals surface area contributed by atoms with E-state index in [1.165, 1.54) is 0 Å². The summed E-state index contributed by atoms with van der Waals surface area (Å²) in [5.41, 5.74) is 2.87. The van der Waals surface area contributed by atoms with Crippen LogP contribution >= 0.6 is 35.2 Å². The highest BCUT2D eigenvalue weighted by Crippen LogP contribution is 2.31. The van der Waals surface area contributed by atoms with Crippen molar-refractivity contribution >= 4 is 51.1 Å². The van der Waals surface area contributed by atoms with Crippen molar-refractivity contribution in [1.29, 1.82) is 0 Å². The summed E-state index contributed by atoms with van der Waals surface area (Å²) in [6.45, 7) is 3.35. The largest absolute Gasteiger partial charge is 0.497 e. The van der Waals surface area contributed by atoms with Crippen LogP contribution in [0, 0.1) is 0 Å². The van der Waals surface area contributed by atoms with Crippen molar-refractivity contribution in [1.82, 2.24) is 9.88 Å². The minimum absolute atomic E-state index is 0.684. The molecule has 0 atom stereocenters. The van der Waals surface area contributed by atoms with E-state index in [2.05, 4.69) is 20.5 Å². The summed E-state index contributed by atoms with van der Waals surface area (Å²) < 4.78 is 10.7. The van der Waals surface area contributed by atoms with Gasteiger partial charge in [0.25, 0.3) is 0 Å². The van der Waals surface area contributed by atoms with Crippen LogP contribution in [0.1, 0.15) is 0 Å². The average molecular weight is 475 g/mol. The smallest absolute Gasteiger partial charge is 0.185 e. The molecule has 2 heterocycles. The second kappa shape index (κ2) is 9.72. The van der Waals surface area contributed by atoms with E-state index in [0.717, 1.165) is 59.0 Å². The molecule has 0 spiro atoms. The van der Waals surface area contributed by atoms with Crippen LogP contribution in [0.15, 0.2) is 47.8 Å². The summed E-state index contributed by atoms with van der Waals surface area (Å²) >= 11 is 13.3. The number of benzene rings is 2. The first-order chi connectivity index (χ1) is 15.1. The van der Waals surface area contributed by atoms with E-state index in [0.29, 0.717) is 10.9 Å². The molecule has 0 bridgehead atoms. The number of piperazine rings is 1. The molecule has 0 aliphatic carbocycles. The Bertz CT molecular complexity index is 1050. The molecule has 6 nitrogen and oxygen atoms in total. The first kappa shape index (κ1) is 21.7. The lowest BCUT2D eigenvalue weighted by molar-refractivity contribution is 0.388. The van der Waals surface area contributed by atoms with Crippen molar-refractivity contribution in [3.05, 3.63) is 52.9 Å². The third-order valence-electron chi connectivity index (χ3n) is 5.12. The van der Waals surface area contributed by atoms with Crippen LogP contribution in [-0.2, 0) is 0 Å². The summed E-state index contributed by atoms with van der Waals surface area (Å²) in [6, 6.07) is 13.4.